The molecule has 0 amide bonds. The molecule has 77 valence electrons. The van der Waals surface area contributed by atoms with Gasteiger partial charge in [-0.3, -0.25) is 0 Å². The van der Waals surface area contributed by atoms with E-state index in [-0.39, 0.29) is 7.92 Å². The van der Waals surface area contributed by atoms with Gasteiger partial charge in [-0.25, -0.2) is 0 Å². The Hall–Kier alpha value is 0.430. The Morgan fingerprint density at radius 2 is 1.57 bits per heavy atom. The summed E-state index contributed by atoms with van der Waals surface area (Å²) >= 11 is 0. The molecule has 5 radical (unpaired) electrons. The van der Waals surface area contributed by atoms with E-state index in [1.165, 1.54) is 25.7 Å². The van der Waals surface area contributed by atoms with E-state index in [0.29, 0.717) is 0 Å². The van der Waals surface area contributed by atoms with Gasteiger partial charge >= 0.3 is 0 Å². The first-order chi connectivity index (χ1) is 6.86. The molecule has 14 heavy (non-hydrogen) atoms. The molecule has 0 aromatic carbocycles. The fourth-order valence-corrected chi connectivity index (χ4v) is 6.32. The zero-order chi connectivity index (χ0) is 9.97. The van der Waals surface area contributed by atoms with Crippen molar-refractivity contribution in [3.63, 3.8) is 0 Å². The maximum absolute atomic E-state index is 2.36. The molecule has 0 aromatic heterocycles. The van der Waals surface area contributed by atoms with Crippen LogP contribution in [0.3, 0.4) is 0 Å². The Morgan fingerprint density at radius 1 is 1.07 bits per heavy atom. The van der Waals surface area contributed by atoms with Crippen LogP contribution in [-0.2, 0) is 0 Å². The molecule has 1 aliphatic heterocycles. The molecule has 1 saturated carbocycles. The lowest BCUT2D eigenvalue weighted by Gasteiger charge is -2.29. The molecular weight excluding hydrogens is 187 g/mol. The van der Waals surface area contributed by atoms with Gasteiger partial charge in [0.05, 0.1) is 0 Å². The minimum absolute atomic E-state index is 0.170. The molecule has 0 nitrogen and oxygen atoms in total. The van der Waals surface area contributed by atoms with E-state index < -0.39 is 0 Å². The SMILES string of the molecule is CC[C@@H]1CC[C@@H](CC)P1[C]1[CH][CH][CH][CH]1. The van der Waals surface area contributed by atoms with Gasteiger partial charge in [0, 0.05) is 5.66 Å². The number of hydrogen-bond acceptors (Lipinski definition) is 0. The fourth-order valence-electron chi connectivity index (χ4n) is 2.72. The second-order valence-corrected chi connectivity index (χ2v) is 7.04. The Labute approximate surface area is 90.6 Å². The summed E-state index contributed by atoms with van der Waals surface area (Å²) in [5.41, 5.74) is 3.69. The van der Waals surface area contributed by atoms with Crippen molar-refractivity contribution in [3.05, 3.63) is 31.3 Å². The first kappa shape index (κ1) is 10.9. The third-order valence-electron chi connectivity index (χ3n) is 3.51. The van der Waals surface area contributed by atoms with E-state index in [1.54, 1.807) is 5.66 Å². The van der Waals surface area contributed by atoms with Crippen molar-refractivity contribution in [1.29, 1.82) is 0 Å². The van der Waals surface area contributed by atoms with Gasteiger partial charge in [-0.2, -0.15) is 0 Å². The highest BCUT2D eigenvalue weighted by Crippen LogP contribution is 2.67. The van der Waals surface area contributed by atoms with Gasteiger partial charge in [0.1, 0.15) is 0 Å². The lowest BCUT2D eigenvalue weighted by molar-refractivity contribution is 0.696. The van der Waals surface area contributed by atoms with Crippen LogP contribution in [0.1, 0.15) is 39.5 Å². The van der Waals surface area contributed by atoms with Crippen molar-refractivity contribution in [3.8, 4) is 0 Å². The van der Waals surface area contributed by atoms with Crippen LogP contribution in [-0.4, -0.2) is 11.3 Å². The van der Waals surface area contributed by atoms with Gasteiger partial charge in [-0.05, 0) is 62.7 Å². The molecule has 2 aliphatic rings. The molecule has 1 saturated heterocycles. The topological polar surface area (TPSA) is 0 Å². The van der Waals surface area contributed by atoms with E-state index in [2.05, 4.69) is 39.5 Å². The Bertz CT molecular complexity index is 160. The zero-order valence-electron chi connectivity index (χ0n) is 9.24. The summed E-state index contributed by atoms with van der Waals surface area (Å²) in [4.78, 5) is 0. The predicted octanol–water partition coefficient (Wildman–Crippen LogP) is 4.18. The molecule has 0 aromatic rings. The standard InChI is InChI=1S/C13H20P/c1-3-11-9-10-12(4-2)14(11)13-7-5-6-8-13/h5-8,11-12H,3-4,9-10H2,1-2H3/t11-,12-/m1/s1. The van der Waals surface area contributed by atoms with Crippen LogP contribution in [0.5, 0.6) is 0 Å². The average Bonchev–Trinajstić information content (AvgIpc) is 2.85. The maximum atomic E-state index is 2.36. The van der Waals surface area contributed by atoms with Crippen LogP contribution in [0.2, 0.25) is 0 Å². The molecule has 2 rings (SSSR count). The highest BCUT2D eigenvalue weighted by atomic mass is 31.1. The zero-order valence-corrected chi connectivity index (χ0v) is 10.1. The largest absolute Gasteiger partial charge is 0.0924 e. The Morgan fingerprint density at radius 3 is 2.00 bits per heavy atom. The summed E-state index contributed by atoms with van der Waals surface area (Å²) in [6.07, 6.45) is 14.8. The smallest absolute Gasteiger partial charge is 0.00803 e. The van der Waals surface area contributed by atoms with Crippen LogP contribution in [0.15, 0.2) is 0 Å². The van der Waals surface area contributed by atoms with Crippen molar-refractivity contribution >= 4 is 7.92 Å². The van der Waals surface area contributed by atoms with E-state index in [9.17, 15) is 0 Å². The van der Waals surface area contributed by atoms with Gasteiger partial charge in [0.15, 0.2) is 0 Å². The molecule has 0 bridgehead atoms. The molecule has 2 atom stereocenters. The second kappa shape index (κ2) is 4.97. The summed E-state index contributed by atoms with van der Waals surface area (Å²) in [7, 11) is 0.170. The Balaban J connectivity index is 2.02. The fraction of sp³-hybridized carbons (Fsp3) is 0.615. The van der Waals surface area contributed by atoms with Crippen molar-refractivity contribution in [2.45, 2.75) is 50.8 Å². The van der Waals surface area contributed by atoms with Crippen molar-refractivity contribution < 1.29 is 0 Å². The van der Waals surface area contributed by atoms with Gasteiger partial charge in [-0.15, -0.1) is 0 Å². The normalized spacial score (nSPS) is 35.6. The summed E-state index contributed by atoms with van der Waals surface area (Å²) in [6, 6.07) is 0. The van der Waals surface area contributed by atoms with Crippen molar-refractivity contribution in [1.82, 2.24) is 0 Å². The molecule has 2 fully saturated rings. The van der Waals surface area contributed by atoms with Crippen LogP contribution < -0.4 is 0 Å². The summed E-state index contributed by atoms with van der Waals surface area (Å²) < 4.78 is 0. The number of rotatable bonds is 3. The molecule has 0 spiro atoms. The summed E-state index contributed by atoms with van der Waals surface area (Å²) in [6.45, 7) is 4.72. The lowest BCUT2D eigenvalue weighted by atomic mass is 10.1. The molecule has 0 unspecified atom stereocenters. The molecule has 1 heterocycles. The van der Waals surface area contributed by atoms with Gasteiger partial charge in [-0.1, -0.05) is 21.8 Å². The van der Waals surface area contributed by atoms with Gasteiger partial charge < -0.3 is 0 Å². The van der Waals surface area contributed by atoms with E-state index in [0.717, 1.165) is 11.3 Å². The number of hydrogen-bond donors (Lipinski definition) is 0. The minimum Gasteiger partial charge on any atom is -0.0924 e. The van der Waals surface area contributed by atoms with E-state index >= 15 is 0 Å². The average molecular weight is 207 g/mol. The molecular formula is C13H20P. The van der Waals surface area contributed by atoms with Crippen LogP contribution in [0.25, 0.3) is 0 Å². The molecule has 1 aliphatic carbocycles. The first-order valence-electron chi connectivity index (χ1n) is 5.86. The van der Waals surface area contributed by atoms with E-state index in [1.807, 2.05) is 0 Å². The summed E-state index contributed by atoms with van der Waals surface area (Å²) in [5, 5.41) is 0. The highest BCUT2D eigenvalue weighted by molar-refractivity contribution is 7.63. The Kier molecular flexibility index (Phi) is 3.88. The lowest BCUT2D eigenvalue weighted by Crippen LogP contribution is -2.08. The molecule has 1 heteroatoms. The minimum atomic E-state index is 0.170. The van der Waals surface area contributed by atoms with Gasteiger partial charge in [0.25, 0.3) is 0 Å². The van der Waals surface area contributed by atoms with Crippen molar-refractivity contribution in [2.75, 3.05) is 0 Å². The van der Waals surface area contributed by atoms with Crippen LogP contribution >= 0.6 is 7.92 Å². The first-order valence-corrected chi connectivity index (χ1v) is 7.34. The summed E-state index contributed by atoms with van der Waals surface area (Å²) in [5.74, 6) is 0. The predicted molar refractivity (Wildman–Crippen MR) is 64.8 cm³/mol. The molecule has 0 N–H and O–H groups in total. The monoisotopic (exact) mass is 207 g/mol. The maximum Gasteiger partial charge on any atom is 0.00803 e. The quantitative estimate of drug-likeness (QED) is 0.609. The third kappa shape index (κ3) is 2.01. The highest BCUT2D eigenvalue weighted by Gasteiger charge is 2.39. The van der Waals surface area contributed by atoms with Gasteiger partial charge in [0.2, 0.25) is 0 Å². The van der Waals surface area contributed by atoms with Crippen LogP contribution in [0.4, 0.5) is 0 Å². The second-order valence-electron chi connectivity index (χ2n) is 4.25. The van der Waals surface area contributed by atoms with Crippen molar-refractivity contribution in [2.24, 2.45) is 0 Å². The van der Waals surface area contributed by atoms with E-state index in [4.69, 9.17) is 0 Å². The third-order valence-corrected chi connectivity index (χ3v) is 7.22. The van der Waals surface area contributed by atoms with Crippen LogP contribution in [0, 0.1) is 31.3 Å².